The molecule has 2 rings (SSSR count). The minimum Gasteiger partial charge on any atom is -0.367 e. The van der Waals surface area contributed by atoms with Crippen LogP contribution >= 0.6 is 23.2 Å². The minimum absolute atomic E-state index is 0.122. The van der Waals surface area contributed by atoms with Gasteiger partial charge in [-0.05, 0) is 16.4 Å². The van der Waals surface area contributed by atoms with E-state index in [1.807, 2.05) is 4.90 Å². The van der Waals surface area contributed by atoms with Gasteiger partial charge in [0.2, 0.25) is 5.52 Å². The third-order valence-corrected chi connectivity index (χ3v) is 2.96. The van der Waals surface area contributed by atoms with Crippen molar-refractivity contribution in [1.29, 1.82) is 0 Å². The Morgan fingerprint density at radius 3 is 2.42 bits per heavy atom. The van der Waals surface area contributed by atoms with Gasteiger partial charge in [0.05, 0.1) is 10.6 Å². The zero-order chi connectivity index (χ0) is 13.8. The molecule has 0 aliphatic heterocycles. The molecule has 7 nitrogen and oxygen atoms in total. The Hall–Kier alpha value is -1.60. The molecule has 0 aliphatic rings. The Balaban J connectivity index is 2.52. The summed E-state index contributed by atoms with van der Waals surface area (Å²) >= 11 is 11.5. The summed E-state index contributed by atoms with van der Waals surface area (Å²) in [5.74, 6) is 0.807. The van der Waals surface area contributed by atoms with Crippen LogP contribution in [0.1, 0.15) is 0 Å². The van der Waals surface area contributed by atoms with E-state index in [1.54, 1.807) is 6.07 Å². The topological polar surface area (TPSA) is 85.3 Å². The second kappa shape index (κ2) is 6.03. The van der Waals surface area contributed by atoms with Crippen molar-refractivity contribution in [3.63, 3.8) is 0 Å². The molecular formula is C10H10Cl2N4O3. The number of fused-ring (bicyclic) bond motifs is 1. The first-order valence-electron chi connectivity index (χ1n) is 5.45. The lowest BCUT2D eigenvalue weighted by atomic mass is 10.2. The maximum absolute atomic E-state index is 10.9. The molecule has 102 valence electrons. The predicted molar refractivity (Wildman–Crippen MR) is 72.1 cm³/mol. The molecule has 1 heterocycles. The Kier molecular flexibility index (Phi) is 4.39. The molecule has 1 aromatic heterocycles. The molecule has 0 fully saturated rings. The first kappa shape index (κ1) is 13.8. The molecular weight excluding hydrogens is 295 g/mol. The predicted octanol–water partition coefficient (Wildman–Crippen LogP) is 2.42. The van der Waals surface area contributed by atoms with E-state index in [0.717, 1.165) is 0 Å². The molecule has 0 unspecified atom stereocenters. The number of aromatic nitrogens is 2. The maximum Gasteiger partial charge on any atom is 0.300 e. The second-order valence-electron chi connectivity index (χ2n) is 3.69. The van der Waals surface area contributed by atoms with Crippen molar-refractivity contribution in [2.75, 3.05) is 29.7 Å². The average molecular weight is 305 g/mol. The lowest BCUT2D eigenvalue weighted by molar-refractivity contribution is -0.383. The average Bonchev–Trinajstić information content (AvgIpc) is 2.86. The molecule has 1 aromatic carbocycles. The van der Waals surface area contributed by atoms with Crippen LogP contribution < -0.4 is 4.90 Å². The highest BCUT2D eigenvalue weighted by molar-refractivity contribution is 6.18. The molecule has 19 heavy (non-hydrogen) atoms. The smallest absolute Gasteiger partial charge is 0.300 e. The molecule has 0 spiro atoms. The van der Waals surface area contributed by atoms with E-state index in [0.29, 0.717) is 36.1 Å². The van der Waals surface area contributed by atoms with Gasteiger partial charge in [-0.2, -0.15) is 0 Å². The van der Waals surface area contributed by atoms with Gasteiger partial charge in [0.25, 0.3) is 0 Å². The first-order chi connectivity index (χ1) is 9.19. The fourth-order valence-electron chi connectivity index (χ4n) is 1.80. The lowest BCUT2D eigenvalue weighted by Crippen LogP contribution is -2.27. The number of alkyl halides is 2. The first-order valence-corrected chi connectivity index (χ1v) is 6.52. The van der Waals surface area contributed by atoms with Crippen LogP contribution in [0.2, 0.25) is 0 Å². The van der Waals surface area contributed by atoms with E-state index in [4.69, 9.17) is 23.2 Å². The number of benzene rings is 1. The van der Waals surface area contributed by atoms with Crippen molar-refractivity contribution in [2.24, 2.45) is 0 Å². The number of nitro groups is 1. The number of nitrogens with zero attached hydrogens (tertiary/aromatic N) is 4. The maximum atomic E-state index is 10.9. The van der Waals surface area contributed by atoms with Crippen molar-refractivity contribution in [3.8, 4) is 0 Å². The molecule has 0 bridgehead atoms. The van der Waals surface area contributed by atoms with Crippen molar-refractivity contribution in [2.45, 2.75) is 0 Å². The van der Waals surface area contributed by atoms with Gasteiger partial charge in [0, 0.05) is 30.9 Å². The molecule has 0 saturated carbocycles. The summed E-state index contributed by atoms with van der Waals surface area (Å²) in [5, 5.41) is 18.2. The van der Waals surface area contributed by atoms with E-state index in [-0.39, 0.29) is 11.2 Å². The van der Waals surface area contributed by atoms with Gasteiger partial charge in [-0.1, -0.05) is 0 Å². The zero-order valence-corrected chi connectivity index (χ0v) is 11.3. The van der Waals surface area contributed by atoms with Gasteiger partial charge < -0.3 is 4.90 Å². The number of rotatable bonds is 6. The summed E-state index contributed by atoms with van der Waals surface area (Å²) in [6.45, 7) is 1.10. The highest BCUT2D eigenvalue weighted by Gasteiger charge is 2.21. The van der Waals surface area contributed by atoms with E-state index in [2.05, 4.69) is 14.9 Å². The number of non-ortho nitro benzene ring substituents is 1. The molecule has 2 aromatic rings. The molecule has 0 N–H and O–H groups in total. The normalized spacial score (nSPS) is 10.8. The fourth-order valence-corrected chi connectivity index (χ4v) is 2.21. The van der Waals surface area contributed by atoms with Crippen molar-refractivity contribution in [3.05, 3.63) is 22.2 Å². The van der Waals surface area contributed by atoms with Crippen LogP contribution in [0.4, 0.5) is 11.4 Å². The molecule has 0 saturated heterocycles. The van der Waals surface area contributed by atoms with E-state index < -0.39 is 4.92 Å². The number of halogens is 2. The number of anilines is 1. The minimum atomic E-state index is -0.524. The van der Waals surface area contributed by atoms with Crippen LogP contribution in [0.15, 0.2) is 16.8 Å². The quantitative estimate of drug-likeness (QED) is 0.463. The van der Waals surface area contributed by atoms with Crippen LogP contribution in [0.25, 0.3) is 11.0 Å². The molecule has 9 heteroatoms. The van der Waals surface area contributed by atoms with Crippen LogP contribution in [0.5, 0.6) is 0 Å². The van der Waals surface area contributed by atoms with Crippen molar-refractivity contribution in [1.82, 2.24) is 10.3 Å². The molecule has 0 amide bonds. The van der Waals surface area contributed by atoms with Gasteiger partial charge in [-0.3, -0.25) is 10.1 Å². The Morgan fingerprint density at radius 2 is 1.84 bits per heavy atom. The number of hydrogen-bond donors (Lipinski definition) is 0. The highest BCUT2D eigenvalue weighted by atomic mass is 35.5. The van der Waals surface area contributed by atoms with E-state index in [1.165, 1.54) is 6.07 Å². The summed E-state index contributed by atoms with van der Waals surface area (Å²) < 4.78 is 4.61. The Bertz CT molecular complexity index is 583. The van der Waals surface area contributed by atoms with Gasteiger partial charge >= 0.3 is 5.69 Å². The summed E-state index contributed by atoms with van der Waals surface area (Å²) in [7, 11) is 0. The summed E-state index contributed by atoms with van der Waals surface area (Å²) in [6, 6.07) is 2.97. The SMILES string of the molecule is O=[N+]([O-])c1ccc(N(CCCl)CCCl)c2nonc12. The lowest BCUT2D eigenvalue weighted by Gasteiger charge is -2.22. The zero-order valence-electron chi connectivity index (χ0n) is 9.75. The van der Waals surface area contributed by atoms with E-state index in [9.17, 15) is 10.1 Å². The van der Waals surface area contributed by atoms with Crippen LogP contribution in [-0.4, -0.2) is 40.1 Å². The van der Waals surface area contributed by atoms with Gasteiger partial charge in [0.1, 0.15) is 0 Å². The van der Waals surface area contributed by atoms with Gasteiger partial charge in [-0.15, -0.1) is 23.2 Å². The summed E-state index contributed by atoms with van der Waals surface area (Å²) in [4.78, 5) is 12.2. The Morgan fingerprint density at radius 1 is 1.21 bits per heavy atom. The standard InChI is InChI=1S/C10H10Cl2N4O3/c11-3-5-15(6-4-12)7-1-2-8(16(17)18)10-9(7)13-19-14-10/h1-2H,3-6H2. The molecule has 0 atom stereocenters. The van der Waals surface area contributed by atoms with Gasteiger partial charge in [0.15, 0.2) is 5.52 Å². The van der Waals surface area contributed by atoms with E-state index >= 15 is 0 Å². The fraction of sp³-hybridized carbons (Fsp3) is 0.400. The second-order valence-corrected chi connectivity index (χ2v) is 4.44. The number of hydrogen-bond acceptors (Lipinski definition) is 6. The van der Waals surface area contributed by atoms with Crippen LogP contribution in [0.3, 0.4) is 0 Å². The third kappa shape index (κ3) is 2.71. The van der Waals surface area contributed by atoms with Crippen LogP contribution in [-0.2, 0) is 0 Å². The van der Waals surface area contributed by atoms with Gasteiger partial charge in [-0.25, -0.2) is 4.63 Å². The van der Waals surface area contributed by atoms with Crippen molar-refractivity contribution >= 4 is 45.6 Å². The summed E-state index contributed by atoms with van der Waals surface area (Å²) in [6.07, 6.45) is 0. The number of nitro benzene ring substituents is 1. The Labute approximate surface area is 118 Å². The van der Waals surface area contributed by atoms with Crippen molar-refractivity contribution < 1.29 is 9.55 Å². The monoisotopic (exact) mass is 304 g/mol. The van der Waals surface area contributed by atoms with Crippen LogP contribution in [0, 0.1) is 10.1 Å². The largest absolute Gasteiger partial charge is 0.367 e. The summed E-state index contributed by atoms with van der Waals surface area (Å²) in [5.41, 5.74) is 0.987. The molecule has 0 aliphatic carbocycles. The molecule has 0 radical (unpaired) electrons. The third-order valence-electron chi connectivity index (χ3n) is 2.62. The highest BCUT2D eigenvalue weighted by Crippen LogP contribution is 2.31.